The molecule has 0 amide bonds. The first-order chi connectivity index (χ1) is 18.3. The van der Waals surface area contributed by atoms with Gasteiger partial charge in [-0.3, -0.25) is 0 Å². The summed E-state index contributed by atoms with van der Waals surface area (Å²) in [5.41, 5.74) is 1.22. The van der Waals surface area contributed by atoms with E-state index in [9.17, 15) is 4.57 Å². The molecule has 0 aromatic heterocycles. The molecule has 0 spiro atoms. The van der Waals surface area contributed by atoms with Gasteiger partial charge in [0.2, 0.25) is 0 Å². The molecular weight excluding hydrogens is 566 g/mol. The van der Waals surface area contributed by atoms with Crippen molar-refractivity contribution >= 4 is 36.3 Å². The van der Waals surface area contributed by atoms with Crippen LogP contribution in [0.1, 0.15) is 51.4 Å². The molecule has 0 heterocycles. The second-order valence-corrected chi connectivity index (χ2v) is 15.8. The SMILES string of the molecule is O=P(c1ccccc1)(c1ccccc1)C1CCCC1.[CH3-].[CH3-].[Fe+2].c1ccc(P(c2ccccc2)C2CCCC2)cc1. The first-order valence-corrected chi connectivity index (χ1v) is 17.1. The number of rotatable bonds is 6. The standard InChI is InChI=1S/C17H19OP.C17H19P.2CH3.Fe/c18-19(17-13-7-8-14-17,15-9-3-1-4-10-15)16-11-5-2-6-12-16;1-3-9-15(10-4-1)18(17-13-7-8-14-17)16-11-5-2-6-12-16;;;/h1-6,9-12,17H,7-8,13-14H2;1-6,9-12,17H,7-8,13-14H2;2*1H3;/q;;2*-1;+2. The summed E-state index contributed by atoms with van der Waals surface area (Å²) in [5, 5.41) is 5.14. The van der Waals surface area contributed by atoms with Crippen LogP contribution in [0.3, 0.4) is 0 Å². The van der Waals surface area contributed by atoms with E-state index >= 15 is 0 Å². The molecule has 6 rings (SSSR count). The Bertz CT molecular complexity index is 1170. The normalized spacial score (nSPS) is 15.2. The van der Waals surface area contributed by atoms with Crippen molar-refractivity contribution < 1.29 is 21.6 Å². The maximum absolute atomic E-state index is 13.8. The van der Waals surface area contributed by atoms with Crippen LogP contribution in [0.5, 0.6) is 0 Å². The Labute approximate surface area is 255 Å². The fourth-order valence-electron chi connectivity index (χ4n) is 6.05. The van der Waals surface area contributed by atoms with Gasteiger partial charge in [-0.2, -0.15) is 0 Å². The molecule has 0 atom stereocenters. The smallest absolute Gasteiger partial charge is 0.358 e. The summed E-state index contributed by atoms with van der Waals surface area (Å²) in [6.07, 6.45) is 10.3. The zero-order valence-electron chi connectivity index (χ0n) is 24.0. The van der Waals surface area contributed by atoms with E-state index in [1.807, 2.05) is 60.7 Å². The number of benzene rings is 4. The quantitative estimate of drug-likeness (QED) is 0.121. The van der Waals surface area contributed by atoms with Gasteiger partial charge in [0.1, 0.15) is 7.14 Å². The van der Waals surface area contributed by atoms with Crippen molar-refractivity contribution in [2.75, 3.05) is 0 Å². The Kier molecular flexibility index (Phi) is 14.7. The minimum atomic E-state index is -2.47. The summed E-state index contributed by atoms with van der Waals surface area (Å²) in [5.74, 6) is 0. The minimum absolute atomic E-state index is 0. The van der Waals surface area contributed by atoms with Crippen molar-refractivity contribution in [3.8, 4) is 0 Å². The van der Waals surface area contributed by atoms with Crippen LogP contribution < -0.4 is 21.2 Å². The molecule has 4 aromatic carbocycles. The predicted molar refractivity (Wildman–Crippen MR) is 176 cm³/mol. The molecule has 0 saturated heterocycles. The molecule has 2 aliphatic rings. The first kappa shape index (κ1) is 34.3. The maximum atomic E-state index is 13.8. The largest absolute Gasteiger partial charge is 2.00 e. The molecule has 4 aromatic rings. The molecule has 0 aliphatic heterocycles. The molecular formula is C36H44FeOP2. The van der Waals surface area contributed by atoms with Crippen molar-refractivity contribution in [3.63, 3.8) is 0 Å². The molecule has 2 aliphatic carbocycles. The number of hydrogen-bond donors (Lipinski definition) is 0. The van der Waals surface area contributed by atoms with E-state index in [4.69, 9.17) is 0 Å². The zero-order valence-corrected chi connectivity index (χ0v) is 26.9. The van der Waals surface area contributed by atoms with Gasteiger partial charge < -0.3 is 19.4 Å². The summed E-state index contributed by atoms with van der Waals surface area (Å²) >= 11 is 0. The molecule has 1 nitrogen and oxygen atoms in total. The van der Waals surface area contributed by atoms with Crippen LogP contribution in [0, 0.1) is 14.9 Å². The monoisotopic (exact) mass is 610 g/mol. The summed E-state index contributed by atoms with van der Waals surface area (Å²) in [7, 11) is -2.62. The van der Waals surface area contributed by atoms with Crippen LogP contribution in [-0.2, 0) is 21.6 Å². The minimum Gasteiger partial charge on any atom is -0.358 e. The Balaban J connectivity index is 0.000000261. The molecule has 0 N–H and O–H groups in total. The number of hydrogen-bond acceptors (Lipinski definition) is 1. The fourth-order valence-corrected chi connectivity index (χ4v) is 12.5. The van der Waals surface area contributed by atoms with E-state index in [0.29, 0.717) is 5.66 Å². The molecule has 2 fully saturated rings. The third-order valence-corrected chi connectivity index (χ3v) is 14.5. The Morgan fingerprint density at radius 1 is 0.500 bits per heavy atom. The van der Waals surface area contributed by atoms with Gasteiger partial charge in [0.15, 0.2) is 0 Å². The van der Waals surface area contributed by atoms with Crippen LogP contribution in [0.2, 0.25) is 0 Å². The zero-order chi connectivity index (χ0) is 25.3. The Morgan fingerprint density at radius 3 is 1.20 bits per heavy atom. The predicted octanol–water partition coefficient (Wildman–Crippen LogP) is 8.90. The van der Waals surface area contributed by atoms with Gasteiger partial charge in [-0.15, -0.1) is 0 Å². The third-order valence-electron chi connectivity index (χ3n) is 7.88. The van der Waals surface area contributed by atoms with Crippen molar-refractivity contribution in [1.82, 2.24) is 0 Å². The van der Waals surface area contributed by atoms with E-state index < -0.39 is 7.14 Å². The van der Waals surface area contributed by atoms with Gasteiger partial charge >= 0.3 is 17.1 Å². The molecule has 212 valence electrons. The summed E-state index contributed by atoms with van der Waals surface area (Å²) in [4.78, 5) is 0. The first-order valence-electron chi connectivity index (χ1n) is 13.9. The summed E-state index contributed by atoms with van der Waals surface area (Å²) in [6, 6.07) is 42.4. The summed E-state index contributed by atoms with van der Waals surface area (Å²) < 4.78 is 13.8. The topological polar surface area (TPSA) is 17.1 Å². The van der Waals surface area contributed by atoms with Crippen molar-refractivity contribution in [3.05, 3.63) is 136 Å². The van der Waals surface area contributed by atoms with E-state index in [2.05, 4.69) is 60.7 Å². The third kappa shape index (κ3) is 8.08. The van der Waals surface area contributed by atoms with Crippen LogP contribution in [0.4, 0.5) is 0 Å². The molecule has 4 heteroatoms. The summed E-state index contributed by atoms with van der Waals surface area (Å²) in [6.45, 7) is 0. The van der Waals surface area contributed by atoms with E-state index in [0.717, 1.165) is 29.1 Å². The van der Waals surface area contributed by atoms with Gasteiger partial charge in [-0.1, -0.05) is 147 Å². The van der Waals surface area contributed by atoms with Gasteiger partial charge in [0, 0.05) is 16.3 Å². The van der Waals surface area contributed by atoms with Crippen LogP contribution in [0.15, 0.2) is 121 Å². The second-order valence-electron chi connectivity index (χ2n) is 10.2. The van der Waals surface area contributed by atoms with E-state index in [-0.39, 0.29) is 39.8 Å². The van der Waals surface area contributed by atoms with Gasteiger partial charge in [-0.05, 0) is 49.9 Å². The Hall–Kier alpha value is -1.94. The van der Waals surface area contributed by atoms with Crippen molar-refractivity contribution in [1.29, 1.82) is 0 Å². The van der Waals surface area contributed by atoms with Crippen LogP contribution in [-0.4, -0.2) is 11.3 Å². The van der Waals surface area contributed by atoms with Crippen molar-refractivity contribution in [2.45, 2.75) is 62.7 Å². The van der Waals surface area contributed by atoms with Crippen LogP contribution >= 0.6 is 15.1 Å². The van der Waals surface area contributed by atoms with Crippen LogP contribution in [0.25, 0.3) is 0 Å². The molecule has 40 heavy (non-hydrogen) atoms. The molecule has 2 saturated carbocycles. The Morgan fingerprint density at radius 2 is 0.825 bits per heavy atom. The molecule has 0 unspecified atom stereocenters. The second kappa shape index (κ2) is 17.1. The molecule has 0 radical (unpaired) electrons. The fraction of sp³-hybridized carbons (Fsp3) is 0.278. The van der Waals surface area contributed by atoms with Gasteiger partial charge in [-0.25, -0.2) is 0 Å². The van der Waals surface area contributed by atoms with E-state index in [1.54, 1.807) is 10.6 Å². The average molecular weight is 611 g/mol. The molecule has 0 bridgehead atoms. The average Bonchev–Trinajstić information content (AvgIpc) is 3.71. The van der Waals surface area contributed by atoms with Gasteiger partial charge in [0.05, 0.1) is 0 Å². The van der Waals surface area contributed by atoms with E-state index in [1.165, 1.54) is 38.5 Å². The van der Waals surface area contributed by atoms with Crippen molar-refractivity contribution in [2.24, 2.45) is 0 Å². The van der Waals surface area contributed by atoms with Gasteiger partial charge in [0.25, 0.3) is 0 Å². The maximum Gasteiger partial charge on any atom is 2.00 e.